The maximum atomic E-state index is 10.9. The number of para-hydroxylation sites is 1. The zero-order chi connectivity index (χ0) is 10.8. The first-order valence-electron chi connectivity index (χ1n) is 4.20. The van der Waals surface area contributed by atoms with Gasteiger partial charge in [-0.15, -0.1) is 0 Å². The van der Waals surface area contributed by atoms with Crippen LogP contribution in [-0.4, -0.2) is 5.11 Å². The van der Waals surface area contributed by atoms with E-state index in [-0.39, 0.29) is 5.75 Å². The molecule has 76 valence electrons. The highest BCUT2D eigenvalue weighted by atomic mass is 16.7. The number of hydrogen-bond acceptors (Lipinski definition) is 5. The molecule has 0 fully saturated rings. The molecule has 0 saturated heterocycles. The zero-order valence-electron chi connectivity index (χ0n) is 7.56. The maximum absolute atomic E-state index is 10.9. The van der Waals surface area contributed by atoms with Crippen LogP contribution in [0.1, 0.15) is 0 Å². The summed E-state index contributed by atoms with van der Waals surface area (Å²) in [4.78, 5) is 26.2. The van der Waals surface area contributed by atoms with E-state index in [0.717, 1.165) is 0 Å². The Hall–Kier alpha value is -2.30. The quantitative estimate of drug-likeness (QED) is 0.560. The van der Waals surface area contributed by atoms with E-state index in [1.54, 1.807) is 24.3 Å². The van der Waals surface area contributed by atoms with Gasteiger partial charge in [0, 0.05) is 0 Å². The molecule has 5 nitrogen and oxygen atoms in total. The molecule has 5 heteroatoms. The number of aromatic hydroxyl groups is 1. The molecule has 0 heterocycles. The Morgan fingerprint density at radius 3 is 2.33 bits per heavy atom. The molecule has 2 aromatic carbocycles. The molecule has 0 amide bonds. The number of nitrogens with one attached hydrogen (secondary N) is 1. The lowest BCUT2D eigenvalue weighted by Gasteiger charge is -2.09. The lowest BCUT2D eigenvalue weighted by atomic mass is 10.2. The van der Waals surface area contributed by atoms with E-state index in [0.29, 0.717) is 5.69 Å². The summed E-state index contributed by atoms with van der Waals surface area (Å²) in [6.07, 6.45) is 0. The van der Waals surface area contributed by atoms with E-state index >= 15 is 0 Å². The van der Waals surface area contributed by atoms with Crippen molar-refractivity contribution in [1.82, 2.24) is 0 Å². The summed E-state index contributed by atoms with van der Waals surface area (Å²) in [5, 5.41) is 8.97. The minimum Gasteiger partial charge on any atom is -0.501 e. The van der Waals surface area contributed by atoms with Crippen LogP contribution in [0.15, 0.2) is 39.9 Å². The third kappa shape index (κ3) is 1.54. The van der Waals surface area contributed by atoms with Gasteiger partial charge in [0.1, 0.15) is 0 Å². The lowest BCUT2D eigenvalue weighted by Crippen LogP contribution is -2.32. The number of rotatable bonds is 3. The van der Waals surface area contributed by atoms with Gasteiger partial charge in [0.2, 0.25) is 5.75 Å². The average Bonchev–Trinajstić information content (AvgIpc) is 2.30. The van der Waals surface area contributed by atoms with Crippen LogP contribution in [-0.2, 0) is 0 Å². The van der Waals surface area contributed by atoms with Crippen LogP contribution in [0.3, 0.4) is 0 Å². The summed E-state index contributed by atoms with van der Waals surface area (Å²) in [5.41, 5.74) is 1.31. The minimum atomic E-state index is -0.917. The summed E-state index contributed by atoms with van der Waals surface area (Å²) in [5.74, 6) is -0.979. The predicted molar refractivity (Wildman–Crippen MR) is 53.7 cm³/mol. The zero-order valence-corrected chi connectivity index (χ0v) is 7.56. The molecule has 2 aromatic rings. The number of hydrogen-bond donors (Lipinski definition) is 2. The van der Waals surface area contributed by atoms with Crippen molar-refractivity contribution in [3.8, 4) is 11.5 Å². The molecule has 0 aliphatic rings. The number of anilines is 1. The second-order valence-electron chi connectivity index (χ2n) is 2.91. The van der Waals surface area contributed by atoms with E-state index < -0.39 is 16.6 Å². The fraction of sp³-hybridized carbons (Fsp3) is 0. The molecule has 2 N–H and O–H groups in total. The van der Waals surface area contributed by atoms with E-state index in [1.165, 1.54) is 0 Å². The molecule has 0 aliphatic heterocycles. The average molecular weight is 205 g/mol. The summed E-state index contributed by atoms with van der Waals surface area (Å²) in [7, 11) is 0. The van der Waals surface area contributed by atoms with Gasteiger partial charge in [0.15, 0.2) is 0 Å². The molecule has 0 aliphatic carbocycles. The Kier molecular flexibility index (Phi) is 2.13. The standard InChI is InChI=1S/C10H7NO4/c12-7-8(13)10(9(7)14)15-11-6-4-2-1-3-5-6/h1-5,11,13H. The van der Waals surface area contributed by atoms with Crippen LogP contribution < -0.4 is 21.2 Å². The molecular formula is C10H7NO4. The first-order valence-corrected chi connectivity index (χ1v) is 4.20. The van der Waals surface area contributed by atoms with Gasteiger partial charge in [-0.2, -0.15) is 0 Å². The second kappa shape index (κ2) is 3.45. The SMILES string of the molecule is O=c1c(O)c(ONc2ccccc2)c1=O. The molecule has 0 aromatic heterocycles. The highest BCUT2D eigenvalue weighted by Gasteiger charge is 2.22. The normalized spacial score (nSPS) is 10.1. The predicted octanol–water partition coefficient (Wildman–Crippen LogP) is 0.394. The van der Waals surface area contributed by atoms with Crippen molar-refractivity contribution in [3.63, 3.8) is 0 Å². The highest BCUT2D eigenvalue weighted by Crippen LogP contribution is 2.18. The smallest absolute Gasteiger partial charge is 0.278 e. The molecule has 0 unspecified atom stereocenters. The van der Waals surface area contributed by atoms with Crippen molar-refractivity contribution in [1.29, 1.82) is 0 Å². The Morgan fingerprint density at radius 2 is 1.73 bits per heavy atom. The fourth-order valence-corrected chi connectivity index (χ4v) is 1.07. The van der Waals surface area contributed by atoms with Crippen molar-refractivity contribution >= 4 is 5.69 Å². The first-order chi connectivity index (χ1) is 7.20. The van der Waals surface area contributed by atoms with Crippen molar-refractivity contribution in [2.45, 2.75) is 0 Å². The molecule has 0 bridgehead atoms. The molecule has 0 atom stereocenters. The molecule has 2 rings (SSSR count). The fourth-order valence-electron chi connectivity index (χ4n) is 1.07. The number of benzene rings is 1. The van der Waals surface area contributed by atoms with Crippen molar-refractivity contribution in [2.24, 2.45) is 0 Å². The van der Waals surface area contributed by atoms with Crippen LogP contribution >= 0.6 is 0 Å². The third-order valence-electron chi connectivity index (χ3n) is 1.89. The van der Waals surface area contributed by atoms with Crippen LogP contribution in [0.5, 0.6) is 11.5 Å². The molecule has 15 heavy (non-hydrogen) atoms. The van der Waals surface area contributed by atoms with Crippen LogP contribution in [0, 0.1) is 0 Å². The van der Waals surface area contributed by atoms with Gasteiger partial charge in [-0.3, -0.25) is 9.59 Å². The lowest BCUT2D eigenvalue weighted by molar-refractivity contribution is 0.351. The molecule has 0 spiro atoms. The summed E-state index contributed by atoms with van der Waals surface area (Å²) < 4.78 is 0. The van der Waals surface area contributed by atoms with Crippen LogP contribution in [0.25, 0.3) is 0 Å². The van der Waals surface area contributed by atoms with E-state index in [2.05, 4.69) is 5.48 Å². The van der Waals surface area contributed by atoms with Gasteiger partial charge in [0.05, 0.1) is 5.69 Å². The molecular weight excluding hydrogens is 198 g/mol. The third-order valence-corrected chi connectivity index (χ3v) is 1.89. The second-order valence-corrected chi connectivity index (χ2v) is 2.91. The Bertz CT molecular complexity index is 540. The van der Waals surface area contributed by atoms with Crippen molar-refractivity contribution in [2.75, 3.05) is 5.48 Å². The summed E-state index contributed by atoms with van der Waals surface area (Å²) in [6, 6.07) is 8.78. The summed E-state index contributed by atoms with van der Waals surface area (Å²) in [6.45, 7) is 0. The molecule has 0 saturated carbocycles. The first kappa shape index (κ1) is 9.26. The Labute approximate surface area is 84.2 Å². The van der Waals surface area contributed by atoms with Crippen molar-refractivity contribution in [3.05, 3.63) is 50.8 Å². The minimum absolute atomic E-state index is 0.344. The Balaban J connectivity index is 2.07. The van der Waals surface area contributed by atoms with Gasteiger partial charge in [0.25, 0.3) is 16.6 Å². The van der Waals surface area contributed by atoms with Crippen LogP contribution in [0.4, 0.5) is 5.69 Å². The summed E-state index contributed by atoms with van der Waals surface area (Å²) >= 11 is 0. The van der Waals surface area contributed by atoms with E-state index in [1.807, 2.05) is 6.07 Å². The monoisotopic (exact) mass is 205 g/mol. The van der Waals surface area contributed by atoms with Gasteiger partial charge >= 0.3 is 0 Å². The largest absolute Gasteiger partial charge is 0.501 e. The Morgan fingerprint density at radius 1 is 1.07 bits per heavy atom. The van der Waals surface area contributed by atoms with E-state index in [4.69, 9.17) is 9.94 Å². The van der Waals surface area contributed by atoms with Crippen LogP contribution in [0.2, 0.25) is 0 Å². The van der Waals surface area contributed by atoms with Gasteiger partial charge in [-0.25, -0.2) is 5.48 Å². The van der Waals surface area contributed by atoms with E-state index in [9.17, 15) is 9.59 Å². The highest BCUT2D eigenvalue weighted by molar-refractivity contribution is 5.47. The van der Waals surface area contributed by atoms with Gasteiger partial charge in [-0.05, 0) is 12.1 Å². The van der Waals surface area contributed by atoms with Gasteiger partial charge < -0.3 is 9.94 Å². The topological polar surface area (TPSA) is 75.6 Å². The maximum Gasteiger partial charge on any atom is 0.278 e. The van der Waals surface area contributed by atoms with Crippen molar-refractivity contribution < 1.29 is 9.94 Å². The van der Waals surface area contributed by atoms with Gasteiger partial charge in [-0.1, -0.05) is 18.2 Å². The molecule has 0 radical (unpaired) electrons.